The van der Waals surface area contributed by atoms with Gasteiger partial charge in [0, 0.05) is 33.6 Å². The van der Waals surface area contributed by atoms with Crippen LogP contribution in [0.1, 0.15) is 24.5 Å². The minimum absolute atomic E-state index is 0.0758. The molecule has 0 radical (unpaired) electrons. The maximum atomic E-state index is 6.01. The lowest BCUT2D eigenvalue weighted by molar-refractivity contribution is 0.495. The molecule has 1 aromatic heterocycles. The van der Waals surface area contributed by atoms with Gasteiger partial charge in [-0.05, 0) is 56.0 Å². The molecule has 1 unspecified atom stereocenters. The Labute approximate surface area is 159 Å². The van der Waals surface area contributed by atoms with E-state index in [2.05, 4.69) is 59.8 Å². The summed E-state index contributed by atoms with van der Waals surface area (Å²) in [5, 5.41) is 0.791. The lowest BCUT2D eigenvalue weighted by atomic mass is 10.00. The summed E-state index contributed by atoms with van der Waals surface area (Å²) in [5.74, 6) is 0. The van der Waals surface area contributed by atoms with Crippen molar-refractivity contribution in [2.45, 2.75) is 42.9 Å². The molecule has 0 fully saturated rings. The Hall–Kier alpha value is -1.71. The molecule has 0 amide bonds. The van der Waals surface area contributed by atoms with E-state index in [4.69, 9.17) is 11.6 Å². The SMILES string of the molecule is Cc1ccccc1SC(C)(CCc1ccc(Cl)cc1)Cn1ccnc1. The first-order valence-electron chi connectivity index (χ1n) is 8.49. The van der Waals surface area contributed by atoms with Crippen molar-refractivity contribution < 1.29 is 0 Å². The van der Waals surface area contributed by atoms with Crippen LogP contribution in [0.15, 0.2) is 72.1 Å². The van der Waals surface area contributed by atoms with Gasteiger partial charge < -0.3 is 4.57 Å². The molecule has 3 aromatic rings. The predicted octanol–water partition coefficient (Wildman–Crippen LogP) is 6.03. The van der Waals surface area contributed by atoms with Gasteiger partial charge >= 0.3 is 0 Å². The highest BCUT2D eigenvalue weighted by Gasteiger charge is 2.27. The number of benzene rings is 2. The van der Waals surface area contributed by atoms with Crippen LogP contribution in [0.25, 0.3) is 0 Å². The molecule has 1 atom stereocenters. The molecule has 0 N–H and O–H groups in total. The maximum Gasteiger partial charge on any atom is 0.0946 e. The molecule has 25 heavy (non-hydrogen) atoms. The molecule has 4 heteroatoms. The number of hydrogen-bond acceptors (Lipinski definition) is 2. The van der Waals surface area contributed by atoms with Crippen LogP contribution in [0.5, 0.6) is 0 Å². The monoisotopic (exact) mass is 370 g/mol. The maximum absolute atomic E-state index is 6.01. The minimum Gasteiger partial charge on any atom is -0.336 e. The highest BCUT2D eigenvalue weighted by atomic mass is 35.5. The fourth-order valence-corrected chi connectivity index (χ4v) is 4.38. The van der Waals surface area contributed by atoms with Gasteiger partial charge in [0.1, 0.15) is 0 Å². The average Bonchev–Trinajstić information content (AvgIpc) is 3.09. The van der Waals surface area contributed by atoms with Gasteiger partial charge in [0.05, 0.1) is 6.33 Å². The zero-order valence-corrected chi connectivity index (χ0v) is 16.2. The second kappa shape index (κ2) is 8.11. The molecule has 0 saturated carbocycles. The van der Waals surface area contributed by atoms with E-state index in [1.165, 1.54) is 16.0 Å². The van der Waals surface area contributed by atoms with E-state index in [1.807, 2.05) is 42.6 Å². The molecule has 0 aliphatic carbocycles. The zero-order chi connectivity index (χ0) is 17.7. The summed E-state index contributed by atoms with van der Waals surface area (Å²) in [4.78, 5) is 5.55. The number of aryl methyl sites for hydroxylation is 2. The standard InChI is InChI=1S/C21H23ClN2S/c1-17-5-3-4-6-20(17)25-21(2,15-24-14-13-23-16-24)12-11-18-7-9-19(22)10-8-18/h3-10,13-14,16H,11-12,15H2,1-2H3. The summed E-state index contributed by atoms with van der Waals surface area (Å²) in [6.07, 6.45) is 7.89. The third-order valence-electron chi connectivity index (χ3n) is 4.38. The van der Waals surface area contributed by atoms with E-state index in [0.29, 0.717) is 0 Å². The Morgan fingerprint density at radius 1 is 1.12 bits per heavy atom. The average molecular weight is 371 g/mol. The number of aromatic nitrogens is 2. The van der Waals surface area contributed by atoms with Crippen LogP contribution in [-0.2, 0) is 13.0 Å². The second-order valence-corrected chi connectivity index (χ2v) is 8.74. The van der Waals surface area contributed by atoms with Gasteiger partial charge in [0.25, 0.3) is 0 Å². The molecular formula is C21H23ClN2S. The quantitative estimate of drug-likeness (QED) is 0.472. The van der Waals surface area contributed by atoms with E-state index < -0.39 is 0 Å². The Morgan fingerprint density at radius 3 is 2.56 bits per heavy atom. The third-order valence-corrected chi connectivity index (χ3v) is 6.14. The lowest BCUT2D eigenvalue weighted by Gasteiger charge is -2.30. The molecule has 3 rings (SSSR count). The molecule has 0 aliphatic heterocycles. The summed E-state index contributed by atoms with van der Waals surface area (Å²) in [6.45, 7) is 5.46. The van der Waals surface area contributed by atoms with Crippen LogP contribution in [0.2, 0.25) is 5.02 Å². The molecule has 0 bridgehead atoms. The van der Waals surface area contributed by atoms with Crippen LogP contribution in [0.3, 0.4) is 0 Å². The Morgan fingerprint density at radius 2 is 1.88 bits per heavy atom. The van der Waals surface area contributed by atoms with Crippen molar-refractivity contribution >= 4 is 23.4 Å². The van der Waals surface area contributed by atoms with Gasteiger partial charge in [-0.1, -0.05) is 41.9 Å². The second-order valence-electron chi connectivity index (χ2n) is 6.68. The van der Waals surface area contributed by atoms with E-state index >= 15 is 0 Å². The molecule has 1 heterocycles. The molecule has 130 valence electrons. The molecule has 2 aromatic carbocycles. The highest BCUT2D eigenvalue weighted by molar-refractivity contribution is 8.00. The smallest absolute Gasteiger partial charge is 0.0946 e. The molecule has 0 spiro atoms. The van der Waals surface area contributed by atoms with E-state index in [0.717, 1.165) is 24.4 Å². The van der Waals surface area contributed by atoms with Crippen LogP contribution in [0.4, 0.5) is 0 Å². The Bertz CT molecular complexity index is 799. The minimum atomic E-state index is 0.0758. The van der Waals surface area contributed by atoms with Crippen molar-refractivity contribution in [2.75, 3.05) is 0 Å². The number of nitrogens with zero attached hydrogens (tertiary/aromatic N) is 2. The van der Waals surface area contributed by atoms with Gasteiger partial charge in [-0.2, -0.15) is 0 Å². The first kappa shape index (κ1) is 18.1. The first-order valence-corrected chi connectivity index (χ1v) is 9.68. The van der Waals surface area contributed by atoms with Gasteiger partial charge in [-0.3, -0.25) is 0 Å². The third kappa shape index (κ3) is 5.13. The predicted molar refractivity (Wildman–Crippen MR) is 107 cm³/mol. The van der Waals surface area contributed by atoms with E-state index in [9.17, 15) is 0 Å². The van der Waals surface area contributed by atoms with Crippen LogP contribution >= 0.6 is 23.4 Å². The van der Waals surface area contributed by atoms with Crippen molar-refractivity contribution in [3.8, 4) is 0 Å². The van der Waals surface area contributed by atoms with Crippen molar-refractivity contribution in [1.29, 1.82) is 0 Å². The largest absolute Gasteiger partial charge is 0.336 e. The zero-order valence-electron chi connectivity index (χ0n) is 14.7. The Kier molecular flexibility index (Phi) is 5.87. The van der Waals surface area contributed by atoms with Crippen molar-refractivity contribution in [1.82, 2.24) is 9.55 Å². The lowest BCUT2D eigenvalue weighted by Crippen LogP contribution is -2.27. The fraction of sp³-hybridized carbons (Fsp3) is 0.286. The van der Waals surface area contributed by atoms with Crippen molar-refractivity contribution in [3.63, 3.8) is 0 Å². The number of halogens is 1. The topological polar surface area (TPSA) is 17.8 Å². The van der Waals surface area contributed by atoms with Crippen LogP contribution in [0, 0.1) is 6.92 Å². The fourth-order valence-electron chi connectivity index (χ4n) is 2.93. The van der Waals surface area contributed by atoms with Crippen molar-refractivity contribution in [2.24, 2.45) is 0 Å². The normalized spacial score (nSPS) is 13.6. The number of thioether (sulfide) groups is 1. The van der Waals surface area contributed by atoms with Gasteiger partial charge in [0.2, 0.25) is 0 Å². The van der Waals surface area contributed by atoms with Crippen molar-refractivity contribution in [3.05, 3.63) is 83.4 Å². The number of hydrogen-bond donors (Lipinski definition) is 0. The Balaban J connectivity index is 1.78. The molecule has 0 saturated heterocycles. The first-order chi connectivity index (χ1) is 12.0. The summed E-state index contributed by atoms with van der Waals surface area (Å²) in [6, 6.07) is 16.8. The van der Waals surface area contributed by atoms with Gasteiger partial charge in [0.15, 0.2) is 0 Å². The van der Waals surface area contributed by atoms with Crippen LogP contribution in [-0.4, -0.2) is 14.3 Å². The van der Waals surface area contributed by atoms with Gasteiger partial charge in [-0.15, -0.1) is 11.8 Å². The summed E-state index contributed by atoms with van der Waals surface area (Å²) in [7, 11) is 0. The number of imidazole rings is 1. The van der Waals surface area contributed by atoms with E-state index in [1.54, 1.807) is 0 Å². The van der Waals surface area contributed by atoms with Gasteiger partial charge in [-0.25, -0.2) is 4.98 Å². The number of rotatable bonds is 7. The van der Waals surface area contributed by atoms with E-state index in [-0.39, 0.29) is 4.75 Å². The highest BCUT2D eigenvalue weighted by Crippen LogP contribution is 2.39. The van der Waals surface area contributed by atoms with Crippen LogP contribution < -0.4 is 0 Å². The molecule has 2 nitrogen and oxygen atoms in total. The summed E-state index contributed by atoms with van der Waals surface area (Å²) >= 11 is 7.97. The summed E-state index contributed by atoms with van der Waals surface area (Å²) < 4.78 is 2.25. The molecular weight excluding hydrogens is 348 g/mol. The molecule has 0 aliphatic rings. The summed E-state index contributed by atoms with van der Waals surface area (Å²) in [5.41, 5.74) is 2.66.